The normalized spacial score (nSPS) is 11.1. The number of ether oxygens (including phenoxy) is 1. The van der Waals surface area contributed by atoms with Crippen LogP contribution in [0.1, 0.15) is 24.2 Å². The van der Waals surface area contributed by atoms with Crippen LogP contribution in [0, 0.1) is 0 Å². The maximum atomic E-state index is 6.04. The number of rotatable bonds is 5. The topological polar surface area (TPSA) is 52.3 Å². The van der Waals surface area contributed by atoms with Crippen LogP contribution in [-0.2, 0) is 13.0 Å². The van der Waals surface area contributed by atoms with Gasteiger partial charge < -0.3 is 4.74 Å². The van der Waals surface area contributed by atoms with Gasteiger partial charge in [0.1, 0.15) is 12.4 Å². The lowest BCUT2D eigenvalue weighted by Crippen LogP contribution is -1.99. The molecule has 5 nitrogen and oxygen atoms in total. The van der Waals surface area contributed by atoms with E-state index in [1.165, 1.54) is 11.3 Å². The van der Waals surface area contributed by atoms with Crippen LogP contribution >= 0.6 is 22.9 Å². The van der Waals surface area contributed by atoms with Gasteiger partial charge in [0.25, 0.3) is 0 Å². The molecule has 7 heteroatoms. The minimum Gasteiger partial charge on any atom is -0.485 e. The van der Waals surface area contributed by atoms with Crippen molar-refractivity contribution in [3.8, 4) is 5.75 Å². The number of para-hydroxylation sites is 1. The zero-order valence-electron chi connectivity index (χ0n) is 10.9. The van der Waals surface area contributed by atoms with E-state index in [1.54, 1.807) is 10.6 Å². The lowest BCUT2D eigenvalue weighted by molar-refractivity contribution is 0.304. The molecule has 0 aliphatic heterocycles. The highest BCUT2D eigenvalue weighted by atomic mass is 35.5. The molecule has 0 aliphatic carbocycles. The summed E-state index contributed by atoms with van der Waals surface area (Å²) in [6.07, 6.45) is 1.89. The molecule has 104 valence electrons. The van der Waals surface area contributed by atoms with Crippen LogP contribution in [-0.4, -0.2) is 19.8 Å². The second kappa shape index (κ2) is 5.76. The maximum Gasteiger partial charge on any atom is 0.234 e. The molecular weight excluding hydrogens is 296 g/mol. The molecule has 0 fully saturated rings. The lowest BCUT2D eigenvalue weighted by atomic mass is 10.3. The van der Waals surface area contributed by atoms with Crippen molar-refractivity contribution >= 4 is 27.9 Å². The molecule has 3 aromatic rings. The number of halogens is 1. The van der Waals surface area contributed by atoms with Gasteiger partial charge in [-0.2, -0.15) is 9.61 Å². The van der Waals surface area contributed by atoms with Crippen LogP contribution in [0.25, 0.3) is 4.96 Å². The van der Waals surface area contributed by atoms with Gasteiger partial charge in [0.05, 0.1) is 5.02 Å². The summed E-state index contributed by atoms with van der Waals surface area (Å²) in [5.41, 5.74) is 0. The van der Waals surface area contributed by atoms with Crippen molar-refractivity contribution < 1.29 is 4.74 Å². The second-order valence-electron chi connectivity index (χ2n) is 4.28. The fraction of sp³-hybridized carbons (Fsp3) is 0.308. The van der Waals surface area contributed by atoms with E-state index in [-0.39, 0.29) is 0 Å². The largest absolute Gasteiger partial charge is 0.485 e. The Bertz CT molecular complexity index is 724. The molecule has 1 aromatic carbocycles. The maximum absolute atomic E-state index is 6.04. The van der Waals surface area contributed by atoms with Crippen molar-refractivity contribution in [1.29, 1.82) is 0 Å². The van der Waals surface area contributed by atoms with E-state index in [0.717, 1.165) is 28.6 Å². The molecule has 0 N–H and O–H groups in total. The number of aryl methyl sites for hydroxylation is 1. The summed E-state index contributed by atoms with van der Waals surface area (Å²) >= 11 is 7.52. The summed E-state index contributed by atoms with van der Waals surface area (Å²) in [5, 5.41) is 14.2. The zero-order valence-corrected chi connectivity index (χ0v) is 12.5. The first-order valence-corrected chi connectivity index (χ1v) is 7.54. The zero-order chi connectivity index (χ0) is 13.9. The fourth-order valence-electron chi connectivity index (χ4n) is 1.84. The quantitative estimate of drug-likeness (QED) is 0.725. The summed E-state index contributed by atoms with van der Waals surface area (Å²) in [6.45, 7) is 2.48. The Balaban J connectivity index is 1.76. The molecule has 0 saturated heterocycles. The summed E-state index contributed by atoms with van der Waals surface area (Å²) < 4.78 is 7.47. The average molecular weight is 309 g/mol. The van der Waals surface area contributed by atoms with Crippen molar-refractivity contribution in [1.82, 2.24) is 19.8 Å². The molecule has 0 amide bonds. The fourth-order valence-corrected chi connectivity index (χ4v) is 2.79. The van der Waals surface area contributed by atoms with Gasteiger partial charge in [-0.25, -0.2) is 0 Å². The van der Waals surface area contributed by atoms with Gasteiger partial charge in [-0.1, -0.05) is 42.0 Å². The molecule has 2 aromatic heterocycles. The molecule has 0 unspecified atom stereocenters. The molecule has 0 spiro atoms. The summed E-state index contributed by atoms with van der Waals surface area (Å²) in [5.74, 6) is 1.55. The van der Waals surface area contributed by atoms with E-state index in [4.69, 9.17) is 16.3 Å². The van der Waals surface area contributed by atoms with Crippen molar-refractivity contribution in [2.75, 3.05) is 0 Å². The van der Waals surface area contributed by atoms with Gasteiger partial charge in [0.15, 0.2) is 10.8 Å². The van der Waals surface area contributed by atoms with E-state index in [0.29, 0.717) is 17.4 Å². The monoisotopic (exact) mass is 308 g/mol. The number of fused-ring (bicyclic) bond motifs is 1. The van der Waals surface area contributed by atoms with Crippen molar-refractivity contribution in [3.05, 3.63) is 40.1 Å². The third-order valence-corrected chi connectivity index (χ3v) is 3.94. The van der Waals surface area contributed by atoms with E-state index in [2.05, 4.69) is 22.2 Å². The third-order valence-electron chi connectivity index (χ3n) is 2.76. The average Bonchev–Trinajstić information content (AvgIpc) is 3.00. The SMILES string of the molecule is CCCc1nnc2sc(COc3ccccc3Cl)nn12. The number of nitrogens with zero attached hydrogens (tertiary/aromatic N) is 4. The first kappa shape index (κ1) is 13.3. The van der Waals surface area contributed by atoms with Gasteiger partial charge in [-0.15, -0.1) is 10.2 Å². The van der Waals surface area contributed by atoms with Crippen LogP contribution in [0.4, 0.5) is 0 Å². The van der Waals surface area contributed by atoms with E-state index in [9.17, 15) is 0 Å². The highest BCUT2D eigenvalue weighted by Gasteiger charge is 2.11. The number of hydrogen-bond donors (Lipinski definition) is 0. The minimum absolute atomic E-state index is 0.378. The molecule has 0 saturated carbocycles. The molecule has 3 rings (SSSR count). The summed E-state index contributed by atoms with van der Waals surface area (Å²) in [7, 11) is 0. The van der Waals surface area contributed by atoms with Gasteiger partial charge >= 0.3 is 0 Å². The van der Waals surface area contributed by atoms with Crippen LogP contribution in [0.5, 0.6) is 5.75 Å². The molecule has 2 heterocycles. The highest BCUT2D eigenvalue weighted by molar-refractivity contribution is 7.16. The molecule has 20 heavy (non-hydrogen) atoms. The number of hydrogen-bond acceptors (Lipinski definition) is 5. The van der Waals surface area contributed by atoms with Gasteiger partial charge in [0.2, 0.25) is 4.96 Å². The molecule has 0 atom stereocenters. The van der Waals surface area contributed by atoms with E-state index in [1.807, 2.05) is 18.2 Å². The van der Waals surface area contributed by atoms with Crippen molar-refractivity contribution in [3.63, 3.8) is 0 Å². The van der Waals surface area contributed by atoms with Crippen molar-refractivity contribution in [2.45, 2.75) is 26.4 Å². The Hall–Kier alpha value is -1.66. The number of benzene rings is 1. The van der Waals surface area contributed by atoms with E-state index < -0.39 is 0 Å². The standard InChI is InChI=1S/C13H13ClN4OS/c1-2-5-11-15-16-13-18(11)17-12(20-13)8-19-10-7-4-3-6-9(10)14/h3-4,6-7H,2,5,8H2,1H3. The smallest absolute Gasteiger partial charge is 0.234 e. The minimum atomic E-state index is 0.378. The Kier molecular flexibility index (Phi) is 3.84. The van der Waals surface area contributed by atoms with E-state index >= 15 is 0 Å². The van der Waals surface area contributed by atoms with Crippen LogP contribution in [0.15, 0.2) is 24.3 Å². The van der Waals surface area contributed by atoms with Gasteiger partial charge in [-0.3, -0.25) is 0 Å². The number of aromatic nitrogens is 4. The van der Waals surface area contributed by atoms with Gasteiger partial charge in [0, 0.05) is 6.42 Å². The summed E-state index contributed by atoms with van der Waals surface area (Å²) in [6, 6.07) is 7.40. The Labute approximate surface area is 125 Å². The Morgan fingerprint density at radius 2 is 2.15 bits per heavy atom. The lowest BCUT2D eigenvalue weighted by Gasteiger charge is -2.04. The second-order valence-corrected chi connectivity index (χ2v) is 5.72. The third kappa shape index (κ3) is 2.62. The predicted molar refractivity (Wildman–Crippen MR) is 78.4 cm³/mol. The van der Waals surface area contributed by atoms with Crippen LogP contribution < -0.4 is 4.74 Å². The molecule has 0 radical (unpaired) electrons. The van der Waals surface area contributed by atoms with Gasteiger partial charge in [-0.05, 0) is 18.6 Å². The van der Waals surface area contributed by atoms with Crippen molar-refractivity contribution in [2.24, 2.45) is 0 Å². The predicted octanol–water partition coefficient (Wildman–Crippen LogP) is 3.37. The Morgan fingerprint density at radius 1 is 1.30 bits per heavy atom. The Morgan fingerprint density at radius 3 is 2.95 bits per heavy atom. The summed E-state index contributed by atoms with van der Waals surface area (Å²) in [4.78, 5) is 0.797. The first-order chi connectivity index (χ1) is 9.78. The van der Waals surface area contributed by atoms with Crippen LogP contribution in [0.3, 0.4) is 0 Å². The molecular formula is C13H13ClN4OS. The van der Waals surface area contributed by atoms with Crippen LogP contribution in [0.2, 0.25) is 5.02 Å². The highest BCUT2D eigenvalue weighted by Crippen LogP contribution is 2.25. The molecule has 0 aliphatic rings. The first-order valence-electron chi connectivity index (χ1n) is 6.35. The molecule has 0 bridgehead atoms.